The van der Waals surface area contributed by atoms with E-state index in [1.54, 1.807) is 6.92 Å². The minimum atomic E-state index is -0.407. The summed E-state index contributed by atoms with van der Waals surface area (Å²) < 4.78 is 0. The Labute approximate surface area is 58.6 Å². The van der Waals surface area contributed by atoms with Gasteiger partial charge in [-0.05, 0) is 6.92 Å². The minimum Gasteiger partial charge on any atom is -0.320 e. The summed E-state index contributed by atoms with van der Waals surface area (Å²) in [5, 5.41) is 10.8. The maximum atomic E-state index is 10.6. The molecule has 0 bridgehead atoms. The van der Waals surface area contributed by atoms with Gasteiger partial charge in [-0.1, -0.05) is 0 Å². The Morgan fingerprint density at radius 1 is 1.90 bits per heavy atom. The summed E-state index contributed by atoms with van der Waals surface area (Å²) in [6, 6.07) is 1.16. The van der Waals surface area contributed by atoms with Gasteiger partial charge in [-0.15, -0.1) is 0 Å². The molecule has 1 N–H and O–H groups in total. The molecular formula is C6H7N3O. The summed E-state index contributed by atoms with van der Waals surface area (Å²) in [5.41, 5.74) is 0.718. The number of nitriles is 1. The molecule has 0 aromatic carbocycles. The van der Waals surface area contributed by atoms with Crippen molar-refractivity contribution < 1.29 is 4.79 Å². The monoisotopic (exact) mass is 137 g/mol. The number of amides is 2. The molecule has 0 spiro atoms. The zero-order valence-corrected chi connectivity index (χ0v) is 5.59. The summed E-state index contributed by atoms with van der Waals surface area (Å²) >= 11 is 0. The Morgan fingerprint density at radius 2 is 2.60 bits per heavy atom. The third-order valence-corrected chi connectivity index (χ3v) is 1.25. The number of carbonyl (C=O) groups excluding carboxylic acids is 1. The van der Waals surface area contributed by atoms with Crippen LogP contribution in [-0.4, -0.2) is 17.8 Å². The summed E-state index contributed by atoms with van der Waals surface area (Å²) in [5.74, 6) is 0. The van der Waals surface area contributed by atoms with Crippen molar-refractivity contribution in [1.29, 1.82) is 5.26 Å². The smallest absolute Gasteiger partial charge is 0.320 e. The van der Waals surface area contributed by atoms with Gasteiger partial charge in [0.05, 0.1) is 6.07 Å². The number of nitrogens with zero attached hydrogens (tertiary/aromatic N) is 2. The molecule has 1 heterocycles. The molecule has 0 radical (unpaired) electrons. The quantitative estimate of drug-likeness (QED) is 0.526. The molecule has 52 valence electrons. The zero-order valence-electron chi connectivity index (χ0n) is 5.59. The van der Waals surface area contributed by atoms with Crippen LogP contribution in [0.5, 0.6) is 0 Å². The lowest BCUT2D eigenvalue weighted by Gasteiger charge is -2.13. The average Bonchev–Trinajstić information content (AvgIpc) is 1.85. The van der Waals surface area contributed by atoms with Crippen LogP contribution < -0.4 is 5.32 Å². The lowest BCUT2D eigenvalue weighted by atomic mass is 10.1. The van der Waals surface area contributed by atoms with Crippen molar-refractivity contribution >= 4 is 11.7 Å². The van der Waals surface area contributed by atoms with Gasteiger partial charge in [0.1, 0.15) is 6.04 Å². The minimum absolute atomic E-state index is 0.384. The second kappa shape index (κ2) is 2.48. The summed E-state index contributed by atoms with van der Waals surface area (Å²) in [7, 11) is 0. The summed E-state index contributed by atoms with van der Waals surface area (Å²) in [6.07, 6.45) is 0.544. The molecule has 2 amide bonds. The molecule has 4 nitrogen and oxygen atoms in total. The number of aliphatic imine (C=N–C) groups is 1. The van der Waals surface area contributed by atoms with Crippen LogP contribution in [0.25, 0.3) is 0 Å². The molecule has 1 aliphatic rings. The van der Waals surface area contributed by atoms with Gasteiger partial charge in [-0.25, -0.2) is 9.79 Å². The predicted molar refractivity (Wildman–Crippen MR) is 35.7 cm³/mol. The van der Waals surface area contributed by atoms with E-state index in [-0.39, 0.29) is 6.04 Å². The molecule has 1 atom stereocenters. The molecule has 1 rings (SSSR count). The molecule has 0 aromatic heterocycles. The van der Waals surface area contributed by atoms with Crippen molar-refractivity contribution in [3.8, 4) is 6.07 Å². The topological polar surface area (TPSA) is 65.2 Å². The maximum Gasteiger partial charge on any atom is 0.341 e. The number of nitrogens with one attached hydrogen (secondary N) is 1. The van der Waals surface area contributed by atoms with Crippen LogP contribution in [0.2, 0.25) is 0 Å². The van der Waals surface area contributed by atoms with Gasteiger partial charge in [0.15, 0.2) is 0 Å². The number of urea groups is 1. The predicted octanol–water partition coefficient (Wildman–Crippen LogP) is 0.453. The summed E-state index contributed by atoms with van der Waals surface area (Å²) in [6.45, 7) is 1.74. The fraction of sp³-hybridized carbons (Fsp3) is 0.500. The highest BCUT2D eigenvalue weighted by molar-refractivity contribution is 5.96. The van der Waals surface area contributed by atoms with Gasteiger partial charge >= 0.3 is 6.03 Å². The van der Waals surface area contributed by atoms with E-state index < -0.39 is 6.03 Å². The number of carbonyl (C=O) groups is 1. The van der Waals surface area contributed by atoms with E-state index in [2.05, 4.69) is 10.3 Å². The third kappa shape index (κ3) is 1.32. The van der Waals surface area contributed by atoms with E-state index >= 15 is 0 Å². The second-order valence-corrected chi connectivity index (χ2v) is 2.18. The largest absolute Gasteiger partial charge is 0.341 e. The van der Waals surface area contributed by atoms with Crippen LogP contribution >= 0.6 is 0 Å². The highest BCUT2D eigenvalue weighted by atomic mass is 16.2. The molecule has 0 saturated heterocycles. The number of hydrogen-bond donors (Lipinski definition) is 1. The fourth-order valence-corrected chi connectivity index (χ4v) is 0.825. The SMILES string of the molecule is CC1=NC(=O)N[C@H](C#N)C1. The molecular weight excluding hydrogens is 130 g/mol. The number of hydrogen-bond acceptors (Lipinski definition) is 2. The highest BCUT2D eigenvalue weighted by Gasteiger charge is 2.16. The maximum absolute atomic E-state index is 10.6. The van der Waals surface area contributed by atoms with Crippen molar-refractivity contribution in [1.82, 2.24) is 5.32 Å². The Hall–Kier alpha value is -1.37. The van der Waals surface area contributed by atoms with Crippen molar-refractivity contribution in [2.24, 2.45) is 4.99 Å². The highest BCUT2D eigenvalue weighted by Crippen LogP contribution is 2.00. The van der Waals surface area contributed by atoms with Crippen LogP contribution in [0.3, 0.4) is 0 Å². The van der Waals surface area contributed by atoms with Gasteiger partial charge in [0, 0.05) is 12.1 Å². The van der Waals surface area contributed by atoms with Crippen molar-refractivity contribution in [3.63, 3.8) is 0 Å². The Kier molecular flexibility index (Phi) is 1.67. The van der Waals surface area contributed by atoms with Gasteiger partial charge in [-0.2, -0.15) is 5.26 Å². The first-order valence-electron chi connectivity index (χ1n) is 2.96. The molecule has 0 aromatic rings. The average molecular weight is 137 g/mol. The molecule has 4 heteroatoms. The lowest BCUT2D eigenvalue weighted by molar-refractivity contribution is 0.246. The Bertz CT molecular complexity index is 226. The van der Waals surface area contributed by atoms with Crippen molar-refractivity contribution in [2.45, 2.75) is 19.4 Å². The normalized spacial score (nSPS) is 24.6. The molecule has 0 aliphatic carbocycles. The van der Waals surface area contributed by atoms with Gasteiger partial charge in [0.25, 0.3) is 0 Å². The van der Waals surface area contributed by atoms with E-state index in [0.29, 0.717) is 6.42 Å². The zero-order chi connectivity index (χ0) is 7.56. The van der Waals surface area contributed by atoms with E-state index in [4.69, 9.17) is 5.26 Å². The van der Waals surface area contributed by atoms with Crippen molar-refractivity contribution in [2.75, 3.05) is 0 Å². The molecule has 0 saturated carbocycles. The first-order chi connectivity index (χ1) is 4.72. The van der Waals surface area contributed by atoms with E-state index in [1.807, 2.05) is 6.07 Å². The van der Waals surface area contributed by atoms with Crippen LogP contribution in [0, 0.1) is 11.3 Å². The third-order valence-electron chi connectivity index (χ3n) is 1.25. The Morgan fingerprint density at radius 3 is 3.10 bits per heavy atom. The fourth-order valence-electron chi connectivity index (χ4n) is 0.825. The van der Waals surface area contributed by atoms with Gasteiger partial charge in [0.2, 0.25) is 0 Å². The molecule has 0 fully saturated rings. The van der Waals surface area contributed by atoms with Crippen LogP contribution in [0.15, 0.2) is 4.99 Å². The van der Waals surface area contributed by atoms with Crippen LogP contribution in [0.1, 0.15) is 13.3 Å². The molecule has 0 unspecified atom stereocenters. The van der Waals surface area contributed by atoms with E-state index in [1.165, 1.54) is 0 Å². The standard InChI is InChI=1S/C6H7N3O/c1-4-2-5(3-7)9-6(10)8-4/h5H,2H2,1H3,(H,9,10)/t5-/m0/s1. The Balaban J connectivity index is 2.72. The molecule has 10 heavy (non-hydrogen) atoms. The first kappa shape index (κ1) is 6.75. The van der Waals surface area contributed by atoms with Crippen LogP contribution in [0.4, 0.5) is 4.79 Å². The van der Waals surface area contributed by atoms with Gasteiger partial charge < -0.3 is 5.32 Å². The second-order valence-electron chi connectivity index (χ2n) is 2.18. The molecule has 1 aliphatic heterocycles. The number of rotatable bonds is 0. The van der Waals surface area contributed by atoms with E-state index in [0.717, 1.165) is 5.71 Å². The lowest BCUT2D eigenvalue weighted by Crippen LogP contribution is -2.37. The van der Waals surface area contributed by atoms with E-state index in [9.17, 15) is 4.79 Å². The van der Waals surface area contributed by atoms with Crippen LogP contribution in [-0.2, 0) is 0 Å². The summed E-state index contributed by atoms with van der Waals surface area (Å²) in [4.78, 5) is 14.2. The first-order valence-corrected chi connectivity index (χ1v) is 2.96. The van der Waals surface area contributed by atoms with Crippen molar-refractivity contribution in [3.05, 3.63) is 0 Å². The van der Waals surface area contributed by atoms with Gasteiger partial charge in [-0.3, -0.25) is 0 Å².